The van der Waals surface area contributed by atoms with E-state index < -0.39 is 10.0 Å². The van der Waals surface area contributed by atoms with Gasteiger partial charge in [0.15, 0.2) is 0 Å². The molecule has 0 spiro atoms. The topological polar surface area (TPSA) is 46.6 Å². The minimum Gasteiger partial charge on any atom is -0.381 e. The van der Waals surface area contributed by atoms with Crippen LogP contribution in [0.1, 0.15) is 51.9 Å². The van der Waals surface area contributed by atoms with Gasteiger partial charge in [-0.25, -0.2) is 8.42 Å². The smallest absolute Gasteiger partial charge is 0.217 e. The van der Waals surface area contributed by atoms with E-state index in [0.29, 0.717) is 32.0 Å². The van der Waals surface area contributed by atoms with Crippen molar-refractivity contribution in [2.75, 3.05) is 13.2 Å². The van der Waals surface area contributed by atoms with Crippen LogP contribution in [0.5, 0.6) is 0 Å². The molecule has 19 heavy (non-hydrogen) atoms. The Morgan fingerprint density at radius 1 is 1.05 bits per heavy atom. The van der Waals surface area contributed by atoms with E-state index in [1.54, 1.807) is 0 Å². The second-order valence-electron chi connectivity index (χ2n) is 6.38. The zero-order valence-electron chi connectivity index (χ0n) is 11.8. The molecule has 5 heteroatoms. The second kappa shape index (κ2) is 5.34. The predicted octanol–water partition coefficient (Wildman–Crippen LogP) is 2.15. The molecule has 0 aromatic heterocycles. The van der Waals surface area contributed by atoms with Gasteiger partial charge in [0.1, 0.15) is 0 Å². The molecular formula is C14H25NO3S. The molecular weight excluding hydrogens is 262 g/mol. The van der Waals surface area contributed by atoms with E-state index in [4.69, 9.17) is 4.74 Å². The van der Waals surface area contributed by atoms with Crippen molar-refractivity contribution in [3.63, 3.8) is 0 Å². The molecule has 3 rings (SSSR count). The number of ether oxygens (including phenoxy) is 1. The van der Waals surface area contributed by atoms with Gasteiger partial charge in [-0.1, -0.05) is 12.8 Å². The van der Waals surface area contributed by atoms with Crippen LogP contribution in [0.3, 0.4) is 0 Å². The van der Waals surface area contributed by atoms with Crippen molar-refractivity contribution in [2.45, 2.75) is 69.2 Å². The van der Waals surface area contributed by atoms with E-state index in [2.05, 4.69) is 6.92 Å². The molecule has 0 radical (unpaired) electrons. The fraction of sp³-hybridized carbons (Fsp3) is 1.00. The van der Waals surface area contributed by atoms with Crippen LogP contribution < -0.4 is 0 Å². The Morgan fingerprint density at radius 2 is 1.74 bits per heavy atom. The molecule has 0 bridgehead atoms. The third kappa shape index (κ3) is 2.45. The molecule has 2 heterocycles. The standard InChI is InChI=1S/C14H25NO3S/c1-11-10-12-4-2-3-5-14(12)15(11)19(16,17)13-6-8-18-9-7-13/h11-14H,2-10H2,1H3. The Morgan fingerprint density at radius 3 is 2.47 bits per heavy atom. The molecule has 0 aromatic rings. The summed E-state index contributed by atoms with van der Waals surface area (Å²) in [7, 11) is -3.13. The minimum atomic E-state index is -3.13. The van der Waals surface area contributed by atoms with E-state index in [1.807, 2.05) is 4.31 Å². The van der Waals surface area contributed by atoms with Crippen molar-refractivity contribution in [1.29, 1.82) is 0 Å². The molecule has 3 fully saturated rings. The highest BCUT2D eigenvalue weighted by molar-refractivity contribution is 7.89. The largest absolute Gasteiger partial charge is 0.381 e. The Hall–Kier alpha value is -0.130. The molecule has 3 atom stereocenters. The lowest BCUT2D eigenvalue weighted by atomic mass is 9.85. The van der Waals surface area contributed by atoms with Gasteiger partial charge in [-0.3, -0.25) is 0 Å². The number of hydrogen-bond acceptors (Lipinski definition) is 3. The number of sulfonamides is 1. The fourth-order valence-corrected chi connectivity index (χ4v) is 6.63. The summed E-state index contributed by atoms with van der Waals surface area (Å²) in [6.07, 6.45) is 7.15. The van der Waals surface area contributed by atoms with E-state index in [9.17, 15) is 8.42 Å². The number of rotatable bonds is 2. The lowest BCUT2D eigenvalue weighted by Gasteiger charge is -2.35. The molecule has 1 aliphatic carbocycles. The van der Waals surface area contributed by atoms with Crippen molar-refractivity contribution in [3.8, 4) is 0 Å². The molecule has 3 unspecified atom stereocenters. The third-order valence-corrected chi connectivity index (χ3v) is 7.69. The lowest BCUT2D eigenvalue weighted by molar-refractivity contribution is 0.0964. The van der Waals surface area contributed by atoms with Crippen LogP contribution in [0.4, 0.5) is 0 Å². The van der Waals surface area contributed by atoms with Gasteiger partial charge in [-0.05, 0) is 44.9 Å². The first-order valence-electron chi connectivity index (χ1n) is 7.71. The Labute approximate surface area is 116 Å². The molecule has 110 valence electrons. The van der Waals surface area contributed by atoms with Crippen LogP contribution in [0, 0.1) is 5.92 Å². The number of hydrogen-bond donors (Lipinski definition) is 0. The van der Waals surface area contributed by atoms with E-state index in [0.717, 1.165) is 12.8 Å². The van der Waals surface area contributed by atoms with Crippen molar-refractivity contribution >= 4 is 10.0 Å². The summed E-state index contributed by atoms with van der Waals surface area (Å²) in [4.78, 5) is 0. The maximum absolute atomic E-state index is 12.9. The molecule has 2 saturated heterocycles. The van der Waals surface area contributed by atoms with E-state index in [-0.39, 0.29) is 17.3 Å². The van der Waals surface area contributed by atoms with Gasteiger partial charge in [0, 0.05) is 25.3 Å². The number of fused-ring (bicyclic) bond motifs is 1. The van der Waals surface area contributed by atoms with Gasteiger partial charge in [-0.15, -0.1) is 0 Å². The molecule has 4 nitrogen and oxygen atoms in total. The van der Waals surface area contributed by atoms with Crippen LogP contribution in [-0.2, 0) is 14.8 Å². The fourth-order valence-electron chi connectivity index (χ4n) is 4.25. The average molecular weight is 287 g/mol. The molecule has 2 aliphatic heterocycles. The first kappa shape index (κ1) is 13.8. The van der Waals surface area contributed by atoms with E-state index >= 15 is 0 Å². The first-order valence-corrected chi connectivity index (χ1v) is 9.21. The van der Waals surface area contributed by atoms with Gasteiger partial charge >= 0.3 is 0 Å². The quantitative estimate of drug-likeness (QED) is 0.782. The van der Waals surface area contributed by atoms with Gasteiger partial charge in [-0.2, -0.15) is 4.31 Å². The zero-order chi connectivity index (χ0) is 13.5. The third-order valence-electron chi connectivity index (χ3n) is 5.16. The van der Waals surface area contributed by atoms with Crippen LogP contribution in [0.15, 0.2) is 0 Å². The van der Waals surface area contributed by atoms with Crippen LogP contribution in [0.25, 0.3) is 0 Å². The van der Waals surface area contributed by atoms with Crippen LogP contribution in [-0.4, -0.2) is 43.3 Å². The molecule has 0 N–H and O–H groups in total. The summed E-state index contributed by atoms with van der Waals surface area (Å²) >= 11 is 0. The minimum absolute atomic E-state index is 0.195. The molecule has 0 amide bonds. The Kier molecular flexibility index (Phi) is 3.89. The number of nitrogens with zero attached hydrogens (tertiary/aromatic N) is 1. The first-order chi connectivity index (χ1) is 9.10. The average Bonchev–Trinajstić information content (AvgIpc) is 2.76. The van der Waals surface area contributed by atoms with Gasteiger partial charge in [0.05, 0.1) is 5.25 Å². The maximum atomic E-state index is 12.9. The summed E-state index contributed by atoms with van der Waals surface area (Å²) in [6, 6.07) is 0.484. The van der Waals surface area contributed by atoms with Crippen molar-refractivity contribution in [2.24, 2.45) is 5.92 Å². The summed E-state index contributed by atoms with van der Waals surface area (Å²) in [5.41, 5.74) is 0. The van der Waals surface area contributed by atoms with Gasteiger partial charge < -0.3 is 4.74 Å². The van der Waals surface area contributed by atoms with Gasteiger partial charge in [0.2, 0.25) is 10.0 Å². The Balaban J connectivity index is 1.82. The SMILES string of the molecule is CC1CC2CCCCC2N1S(=O)(=O)C1CCOCC1. The van der Waals surface area contributed by atoms with Gasteiger partial charge in [0.25, 0.3) is 0 Å². The van der Waals surface area contributed by atoms with Crippen LogP contribution >= 0.6 is 0 Å². The highest BCUT2D eigenvalue weighted by Crippen LogP contribution is 2.42. The molecule has 3 aliphatic rings. The van der Waals surface area contributed by atoms with Crippen LogP contribution in [0.2, 0.25) is 0 Å². The van der Waals surface area contributed by atoms with E-state index in [1.165, 1.54) is 19.3 Å². The monoisotopic (exact) mass is 287 g/mol. The van der Waals surface area contributed by atoms with Crippen molar-refractivity contribution in [1.82, 2.24) is 4.31 Å². The van der Waals surface area contributed by atoms with Crippen molar-refractivity contribution < 1.29 is 13.2 Å². The summed E-state index contributed by atoms with van der Waals surface area (Å²) in [5, 5.41) is -0.204. The molecule has 0 aromatic carbocycles. The predicted molar refractivity (Wildman–Crippen MR) is 74.4 cm³/mol. The summed E-state index contributed by atoms with van der Waals surface area (Å²) in [5.74, 6) is 0.610. The van der Waals surface area contributed by atoms with Crippen molar-refractivity contribution in [3.05, 3.63) is 0 Å². The Bertz CT molecular complexity index is 416. The zero-order valence-corrected chi connectivity index (χ0v) is 12.6. The summed E-state index contributed by atoms with van der Waals surface area (Å²) < 4.78 is 33.1. The highest BCUT2D eigenvalue weighted by atomic mass is 32.2. The maximum Gasteiger partial charge on any atom is 0.217 e. The molecule has 1 saturated carbocycles. The second-order valence-corrected chi connectivity index (χ2v) is 8.50. The normalized spacial score (nSPS) is 38.3. The highest BCUT2D eigenvalue weighted by Gasteiger charge is 2.48. The summed E-state index contributed by atoms with van der Waals surface area (Å²) in [6.45, 7) is 3.29. The lowest BCUT2D eigenvalue weighted by Crippen LogP contribution is -2.48.